The van der Waals surface area contributed by atoms with Gasteiger partial charge in [-0.2, -0.15) is 0 Å². The summed E-state index contributed by atoms with van der Waals surface area (Å²) in [5.41, 5.74) is 27.2. The third kappa shape index (κ3) is 29.0. The number of aliphatic carboxylic acids is 1. The topological polar surface area (TPSA) is 484 Å². The third-order valence-electron chi connectivity index (χ3n) is 9.77. The lowest BCUT2D eigenvalue weighted by Crippen LogP contribution is -2.61. The molecule has 0 spiro atoms. The quantitative estimate of drug-likeness (QED) is 0.00924. The summed E-state index contributed by atoms with van der Waals surface area (Å²) in [6.45, 7) is 7.39. The summed E-state index contributed by atoms with van der Waals surface area (Å²) in [4.78, 5) is 153. The normalized spacial score (nSPS) is 14.8. The zero-order valence-corrected chi connectivity index (χ0v) is 40.7. The largest absolute Gasteiger partial charge is 0.481 e. The van der Waals surface area contributed by atoms with E-state index < -0.39 is 142 Å². The van der Waals surface area contributed by atoms with Crippen molar-refractivity contribution in [2.75, 3.05) is 19.7 Å². The summed E-state index contributed by atoms with van der Waals surface area (Å²) in [7, 11) is -5.30. The molecule has 8 amide bonds. The first-order valence-electron chi connectivity index (χ1n) is 22.4. The van der Waals surface area contributed by atoms with E-state index in [2.05, 4.69) is 46.7 Å². The van der Waals surface area contributed by atoms with E-state index in [1.807, 2.05) is 0 Å². The first kappa shape index (κ1) is 63.2. The van der Waals surface area contributed by atoms with Crippen LogP contribution in [0.15, 0.2) is 4.99 Å². The molecule has 0 aliphatic rings. The van der Waals surface area contributed by atoms with Crippen LogP contribution in [0.3, 0.4) is 0 Å². The number of phosphoric ester groups is 1. The van der Waals surface area contributed by atoms with E-state index in [1.165, 1.54) is 6.92 Å². The van der Waals surface area contributed by atoms with Gasteiger partial charge in [0.2, 0.25) is 47.3 Å². The van der Waals surface area contributed by atoms with E-state index in [0.717, 1.165) is 0 Å². The molecule has 0 bridgehead atoms. The van der Waals surface area contributed by atoms with Gasteiger partial charge in [0.15, 0.2) is 5.96 Å². The molecule has 0 saturated carbocycles. The number of amides is 8. The van der Waals surface area contributed by atoms with Gasteiger partial charge in [-0.25, -0.2) is 4.57 Å². The summed E-state index contributed by atoms with van der Waals surface area (Å²) in [6, 6.07) is -11.4. The highest BCUT2D eigenvalue weighted by Crippen LogP contribution is 2.35. The minimum atomic E-state index is -5.30. The number of guanidine groups is 1. The van der Waals surface area contributed by atoms with Crippen LogP contribution < -0.4 is 65.9 Å². The Morgan fingerprint density at radius 3 is 1.43 bits per heavy atom. The Morgan fingerprint density at radius 2 is 1.01 bits per heavy atom. The van der Waals surface area contributed by atoms with Crippen LogP contribution in [0.2, 0.25) is 0 Å². The van der Waals surface area contributed by atoms with Gasteiger partial charge in [0, 0.05) is 19.4 Å². The Balaban J connectivity index is 6.73. The standard InChI is InChI=1S/C40H74N13O15P/c1-21(2)17-28(37(62)50-26(11-13-31(43)55)36(61)49-27(12-14-32(56)57)34(59)47-24(19-54)9-8-16-46-40(44)45)52-39(64)30(20-68-69(65,66)67)53-38(63)29(18-22(3)4)51-35(60)25(10-6-7-15-41)48-33(58)23(5)42/h19,21-30H,6-18,20,41-42H2,1-5H3,(H2,43,55)(H,47,59)(H,48,58)(H,49,61)(H,50,62)(H,51,60)(H,52,64)(H,53,63)(H,56,57)(H4,44,45,46)(H2,65,66,67)/t23-,24-,25-,26-,27-,28-,29-,30-/m0/s1. The Labute approximate surface area is 400 Å². The lowest BCUT2D eigenvalue weighted by Gasteiger charge is -2.28. The minimum absolute atomic E-state index is 0.0354. The number of unbranched alkanes of at least 4 members (excludes halogenated alkanes) is 1. The van der Waals surface area contributed by atoms with Gasteiger partial charge < -0.3 is 85.6 Å². The molecule has 28 nitrogen and oxygen atoms in total. The molecule has 20 N–H and O–H groups in total. The fourth-order valence-electron chi connectivity index (χ4n) is 6.26. The molecule has 0 aliphatic heterocycles. The van der Waals surface area contributed by atoms with Gasteiger partial charge in [-0.1, -0.05) is 27.7 Å². The van der Waals surface area contributed by atoms with Gasteiger partial charge in [-0.3, -0.25) is 52.7 Å². The second kappa shape index (κ2) is 32.9. The monoisotopic (exact) mass is 1010 g/mol. The molecule has 29 heteroatoms. The smallest absolute Gasteiger partial charge is 0.469 e. The molecular weight excluding hydrogens is 933 g/mol. The molecule has 0 aromatic carbocycles. The van der Waals surface area contributed by atoms with Crippen molar-refractivity contribution in [2.24, 2.45) is 45.5 Å². The highest BCUT2D eigenvalue weighted by molar-refractivity contribution is 7.46. The van der Waals surface area contributed by atoms with Crippen LogP contribution in [0, 0.1) is 11.8 Å². The van der Waals surface area contributed by atoms with Crippen LogP contribution in [0.5, 0.6) is 0 Å². The highest BCUT2D eigenvalue weighted by atomic mass is 31.2. The number of carbonyl (C=O) groups is 10. The van der Waals surface area contributed by atoms with E-state index in [9.17, 15) is 67.4 Å². The van der Waals surface area contributed by atoms with Gasteiger partial charge in [0.1, 0.15) is 42.5 Å². The molecule has 0 unspecified atom stereocenters. The van der Waals surface area contributed by atoms with Crippen molar-refractivity contribution in [1.29, 1.82) is 0 Å². The number of aliphatic imine (C=N–C) groups is 1. The fourth-order valence-corrected chi connectivity index (χ4v) is 6.60. The number of nitrogens with one attached hydrogen (secondary N) is 7. The van der Waals surface area contributed by atoms with Crippen LogP contribution in [-0.4, -0.2) is 148 Å². The highest BCUT2D eigenvalue weighted by Gasteiger charge is 2.35. The van der Waals surface area contributed by atoms with Crippen molar-refractivity contribution in [3.63, 3.8) is 0 Å². The van der Waals surface area contributed by atoms with Crippen molar-refractivity contribution in [3.05, 3.63) is 0 Å². The molecule has 0 aliphatic carbocycles. The van der Waals surface area contributed by atoms with Gasteiger partial charge >= 0.3 is 13.8 Å². The summed E-state index contributed by atoms with van der Waals surface area (Å²) in [5.74, 6) is -9.90. The Hall–Kier alpha value is -5.80. The Kier molecular flexibility index (Phi) is 30.1. The second-order valence-electron chi connectivity index (χ2n) is 17.1. The van der Waals surface area contributed by atoms with Crippen LogP contribution in [0.25, 0.3) is 0 Å². The maximum absolute atomic E-state index is 14.0. The number of hydrogen-bond acceptors (Lipinski definition) is 15. The average Bonchev–Trinajstić information content (AvgIpc) is 3.23. The zero-order chi connectivity index (χ0) is 53.0. The van der Waals surface area contributed by atoms with Gasteiger partial charge in [-0.15, -0.1) is 0 Å². The number of nitrogens with two attached hydrogens (primary N) is 5. The lowest BCUT2D eigenvalue weighted by molar-refractivity contribution is -0.138. The van der Waals surface area contributed by atoms with E-state index in [1.54, 1.807) is 27.7 Å². The number of carboxylic acids is 1. The van der Waals surface area contributed by atoms with Crippen molar-refractivity contribution in [2.45, 2.75) is 154 Å². The van der Waals surface area contributed by atoms with E-state index in [-0.39, 0.29) is 56.4 Å². The number of aldehydes is 1. The van der Waals surface area contributed by atoms with Crippen LogP contribution in [0.1, 0.15) is 105 Å². The Morgan fingerprint density at radius 1 is 0.594 bits per heavy atom. The first-order chi connectivity index (χ1) is 32.1. The number of primary amides is 1. The summed E-state index contributed by atoms with van der Waals surface area (Å²) in [6.07, 6.45) is -0.525. The van der Waals surface area contributed by atoms with E-state index >= 15 is 0 Å². The molecule has 0 radical (unpaired) electrons. The average molecular weight is 1010 g/mol. The molecular formula is C40H74N13O15P. The maximum Gasteiger partial charge on any atom is 0.469 e. The minimum Gasteiger partial charge on any atom is -0.481 e. The molecule has 0 fully saturated rings. The van der Waals surface area contributed by atoms with Crippen molar-refractivity contribution in [1.82, 2.24) is 37.2 Å². The number of nitrogens with zero attached hydrogens (tertiary/aromatic N) is 1. The van der Waals surface area contributed by atoms with Crippen molar-refractivity contribution in [3.8, 4) is 0 Å². The van der Waals surface area contributed by atoms with E-state index in [4.69, 9.17) is 28.7 Å². The SMILES string of the molecule is CC(C)C[C@H](NC(=O)[C@H](CCCCN)NC(=O)[C@H](C)N)C(=O)N[C@@H](COP(=O)(O)O)C(=O)N[C@@H](CC(C)C)C(=O)N[C@@H](CCC(N)=O)C(=O)N[C@@H](CCC(=O)O)C(=O)N[C@H](C=O)CCCN=C(N)N. The third-order valence-corrected chi connectivity index (χ3v) is 10.3. The fraction of sp³-hybridized carbons (Fsp3) is 0.725. The number of carbonyl (C=O) groups excluding carboxylic acids is 9. The van der Waals surface area contributed by atoms with Crippen LogP contribution in [0.4, 0.5) is 0 Å². The molecule has 0 aromatic rings. The summed E-state index contributed by atoms with van der Waals surface area (Å²) >= 11 is 0. The van der Waals surface area contributed by atoms with Crippen LogP contribution in [-0.2, 0) is 57.0 Å². The molecule has 8 atom stereocenters. The molecule has 0 saturated heterocycles. The van der Waals surface area contributed by atoms with Gasteiger partial charge in [0.25, 0.3) is 0 Å². The number of carboxylic acid groups (broad SMARTS) is 1. The Bertz CT molecular complexity index is 1810. The van der Waals surface area contributed by atoms with Gasteiger partial charge in [0.05, 0.1) is 18.7 Å². The van der Waals surface area contributed by atoms with Crippen LogP contribution >= 0.6 is 7.82 Å². The predicted molar refractivity (Wildman–Crippen MR) is 248 cm³/mol. The van der Waals surface area contributed by atoms with Crippen molar-refractivity contribution < 1.29 is 71.9 Å². The summed E-state index contributed by atoms with van der Waals surface area (Å²) in [5, 5.41) is 26.2. The second-order valence-corrected chi connectivity index (χ2v) is 18.4. The number of hydrogen-bond donors (Lipinski definition) is 15. The number of rotatable bonds is 36. The van der Waals surface area contributed by atoms with E-state index in [0.29, 0.717) is 25.7 Å². The van der Waals surface area contributed by atoms with Crippen molar-refractivity contribution >= 4 is 73.3 Å². The molecule has 394 valence electrons. The zero-order valence-electron chi connectivity index (χ0n) is 39.8. The maximum atomic E-state index is 14.0. The molecule has 0 rings (SSSR count). The van der Waals surface area contributed by atoms with Gasteiger partial charge in [-0.05, 0) is 83.1 Å². The lowest BCUT2D eigenvalue weighted by atomic mass is 10.0. The predicted octanol–water partition coefficient (Wildman–Crippen LogP) is -4.56. The summed E-state index contributed by atoms with van der Waals surface area (Å²) < 4.78 is 16.4. The number of phosphoric acid groups is 1. The molecule has 69 heavy (non-hydrogen) atoms. The molecule has 0 aromatic heterocycles. The first-order valence-corrected chi connectivity index (χ1v) is 23.9. The molecule has 0 heterocycles.